The smallest absolute Gasteiger partial charge is 0.200 e. The first-order valence-electron chi connectivity index (χ1n) is 6.08. The Morgan fingerprint density at radius 2 is 0.913 bits per heavy atom. The summed E-state index contributed by atoms with van der Waals surface area (Å²) >= 11 is 0. The molecule has 0 amide bonds. The fourth-order valence-electron chi connectivity index (χ4n) is 1.46. The average molecular weight is 372 g/mol. The van der Waals surface area contributed by atoms with E-state index in [2.05, 4.69) is 0 Å². The van der Waals surface area contributed by atoms with Gasteiger partial charge in [-0.15, -0.1) is 0 Å². The van der Waals surface area contributed by atoms with Crippen molar-refractivity contribution in [3.63, 3.8) is 0 Å². The normalized spacial score (nSPS) is 15.9. The van der Waals surface area contributed by atoms with Crippen molar-refractivity contribution < 1.29 is 52.7 Å². The summed E-state index contributed by atoms with van der Waals surface area (Å²) in [6.07, 6.45) is -3.06. The summed E-state index contributed by atoms with van der Waals surface area (Å²) in [6, 6.07) is 0. The number of halogens is 12. The van der Waals surface area contributed by atoms with Gasteiger partial charge in [-0.2, -0.15) is 52.7 Å². The van der Waals surface area contributed by atoms with Gasteiger partial charge in [0.1, 0.15) is 0 Å². The lowest BCUT2D eigenvalue weighted by Gasteiger charge is -2.40. The lowest BCUT2D eigenvalue weighted by atomic mass is 9.90. The minimum Gasteiger partial charge on any atom is -0.200 e. The van der Waals surface area contributed by atoms with Crippen LogP contribution in [0.5, 0.6) is 0 Å². The highest BCUT2D eigenvalue weighted by Gasteiger charge is 2.89. The molecule has 0 rings (SSSR count). The molecule has 0 aliphatic rings. The van der Waals surface area contributed by atoms with Crippen molar-refractivity contribution in [1.82, 2.24) is 0 Å². The minimum atomic E-state index is -7.43. The Labute approximate surface area is 122 Å². The molecule has 0 heterocycles. The van der Waals surface area contributed by atoms with Crippen molar-refractivity contribution >= 4 is 0 Å². The largest absolute Gasteiger partial charge is 0.384 e. The van der Waals surface area contributed by atoms with Crippen LogP contribution in [0.15, 0.2) is 0 Å². The molecule has 0 nitrogen and oxygen atoms in total. The van der Waals surface area contributed by atoms with E-state index >= 15 is 0 Å². The van der Waals surface area contributed by atoms with E-state index in [1.54, 1.807) is 0 Å². The maximum Gasteiger partial charge on any atom is 0.384 e. The summed E-state index contributed by atoms with van der Waals surface area (Å²) in [7, 11) is 0. The summed E-state index contributed by atoms with van der Waals surface area (Å²) in [5.74, 6) is -40.5. The fraction of sp³-hybridized carbons (Fsp3) is 1.00. The van der Waals surface area contributed by atoms with Crippen LogP contribution in [0.4, 0.5) is 52.7 Å². The fourth-order valence-corrected chi connectivity index (χ4v) is 1.46. The van der Waals surface area contributed by atoms with Gasteiger partial charge in [-0.05, 0) is 6.42 Å². The second-order valence-electron chi connectivity index (χ2n) is 4.99. The van der Waals surface area contributed by atoms with Gasteiger partial charge < -0.3 is 0 Å². The highest BCUT2D eigenvalue weighted by molar-refractivity contribution is 5.10. The molecule has 0 fully saturated rings. The average Bonchev–Trinajstić information content (AvgIpc) is 2.34. The van der Waals surface area contributed by atoms with E-state index in [0.29, 0.717) is 0 Å². The van der Waals surface area contributed by atoms with Crippen molar-refractivity contribution in [3.8, 4) is 0 Å². The molecule has 0 aliphatic carbocycles. The number of rotatable bonds is 8. The van der Waals surface area contributed by atoms with E-state index in [4.69, 9.17) is 0 Å². The SMILES string of the molecule is CCCCC(F)(F)C(F)(F)C(F)(F)C(F)(F)C(F)(F)C(C)(F)F. The molecular weight excluding hydrogens is 360 g/mol. The Morgan fingerprint density at radius 3 is 1.22 bits per heavy atom. The predicted molar refractivity (Wildman–Crippen MR) is 54.9 cm³/mol. The molecule has 23 heavy (non-hydrogen) atoms. The van der Waals surface area contributed by atoms with Crippen LogP contribution in [0.2, 0.25) is 0 Å². The molecule has 12 heteroatoms. The van der Waals surface area contributed by atoms with E-state index in [0.717, 1.165) is 0 Å². The molecule has 0 bridgehead atoms. The second kappa shape index (κ2) is 5.91. The van der Waals surface area contributed by atoms with Crippen LogP contribution in [0.1, 0.15) is 33.1 Å². The summed E-state index contributed by atoms with van der Waals surface area (Å²) in [4.78, 5) is 0. The summed E-state index contributed by atoms with van der Waals surface area (Å²) in [5.41, 5.74) is 0. The highest BCUT2D eigenvalue weighted by atomic mass is 19.4. The second-order valence-corrected chi connectivity index (χ2v) is 4.99. The van der Waals surface area contributed by atoms with Gasteiger partial charge in [0.2, 0.25) is 0 Å². The Kier molecular flexibility index (Phi) is 5.69. The molecule has 0 aliphatic heterocycles. The van der Waals surface area contributed by atoms with Gasteiger partial charge in [0.15, 0.2) is 0 Å². The van der Waals surface area contributed by atoms with Gasteiger partial charge in [-0.25, -0.2) is 0 Å². The molecule has 0 aromatic carbocycles. The van der Waals surface area contributed by atoms with Crippen LogP contribution in [-0.2, 0) is 0 Å². The van der Waals surface area contributed by atoms with Crippen molar-refractivity contribution in [1.29, 1.82) is 0 Å². The minimum absolute atomic E-state index is 0.225. The quantitative estimate of drug-likeness (QED) is 0.458. The number of hydrogen-bond acceptors (Lipinski definition) is 0. The molecule has 0 atom stereocenters. The van der Waals surface area contributed by atoms with Gasteiger partial charge in [-0.1, -0.05) is 13.3 Å². The monoisotopic (exact) mass is 372 g/mol. The van der Waals surface area contributed by atoms with E-state index in [1.807, 2.05) is 0 Å². The molecule has 0 radical (unpaired) electrons. The molecule has 140 valence electrons. The van der Waals surface area contributed by atoms with Crippen LogP contribution in [-0.4, -0.2) is 35.5 Å². The Hall–Kier alpha value is -0.840. The third-order valence-electron chi connectivity index (χ3n) is 3.04. The van der Waals surface area contributed by atoms with Crippen LogP contribution < -0.4 is 0 Å². The first kappa shape index (κ1) is 22.2. The number of hydrogen-bond donors (Lipinski definition) is 0. The number of alkyl halides is 12. The zero-order valence-electron chi connectivity index (χ0n) is 11.7. The van der Waals surface area contributed by atoms with Gasteiger partial charge >= 0.3 is 35.5 Å². The lowest BCUT2D eigenvalue weighted by Crippen LogP contribution is -2.70. The lowest BCUT2D eigenvalue weighted by molar-refractivity contribution is -0.423. The maximum absolute atomic E-state index is 13.2. The zero-order valence-corrected chi connectivity index (χ0v) is 11.7. The first-order valence-corrected chi connectivity index (χ1v) is 6.08. The molecule has 0 spiro atoms. The molecule has 0 N–H and O–H groups in total. The first-order chi connectivity index (χ1) is 9.81. The van der Waals surface area contributed by atoms with E-state index in [-0.39, 0.29) is 6.42 Å². The number of unbranched alkanes of at least 4 members (excludes halogenated alkanes) is 1. The third-order valence-corrected chi connectivity index (χ3v) is 3.04. The Morgan fingerprint density at radius 1 is 0.565 bits per heavy atom. The highest BCUT2D eigenvalue weighted by Crippen LogP contribution is 2.60. The van der Waals surface area contributed by atoms with Crippen molar-refractivity contribution in [2.45, 2.75) is 68.6 Å². The van der Waals surface area contributed by atoms with Crippen LogP contribution in [0.3, 0.4) is 0 Å². The molecular formula is C11H12F12. The van der Waals surface area contributed by atoms with E-state index < -0.39 is 55.3 Å². The van der Waals surface area contributed by atoms with Gasteiger partial charge in [-0.3, -0.25) is 0 Å². The standard InChI is InChI=1S/C11H12F12/c1-3-4-5-7(14,15)9(18,19)11(22,23)10(20,21)8(16,17)6(2,12)13/h3-5H2,1-2H3. The van der Waals surface area contributed by atoms with Crippen LogP contribution in [0, 0.1) is 0 Å². The summed E-state index contributed by atoms with van der Waals surface area (Å²) < 4.78 is 155. The van der Waals surface area contributed by atoms with Gasteiger partial charge in [0.25, 0.3) is 0 Å². The Balaban J connectivity index is 6.03. The van der Waals surface area contributed by atoms with Crippen LogP contribution >= 0.6 is 0 Å². The Bertz CT molecular complexity index is 406. The van der Waals surface area contributed by atoms with E-state index in [1.165, 1.54) is 6.92 Å². The van der Waals surface area contributed by atoms with E-state index in [9.17, 15) is 52.7 Å². The summed E-state index contributed by atoms with van der Waals surface area (Å²) in [6.45, 7) is 0.247. The molecule has 0 aromatic heterocycles. The van der Waals surface area contributed by atoms with Crippen molar-refractivity contribution in [2.24, 2.45) is 0 Å². The molecule has 0 saturated heterocycles. The van der Waals surface area contributed by atoms with Gasteiger partial charge in [0.05, 0.1) is 0 Å². The molecule has 0 aromatic rings. The molecule has 0 unspecified atom stereocenters. The topological polar surface area (TPSA) is 0 Å². The predicted octanol–water partition coefficient (Wildman–Crippen LogP) is 6.01. The van der Waals surface area contributed by atoms with Crippen LogP contribution in [0.25, 0.3) is 0 Å². The maximum atomic E-state index is 13.2. The summed E-state index contributed by atoms with van der Waals surface area (Å²) in [5, 5.41) is 0. The zero-order chi connectivity index (χ0) is 19.1. The molecule has 0 saturated carbocycles. The third kappa shape index (κ3) is 3.21. The van der Waals surface area contributed by atoms with Crippen molar-refractivity contribution in [3.05, 3.63) is 0 Å². The van der Waals surface area contributed by atoms with Gasteiger partial charge in [0, 0.05) is 13.3 Å². The van der Waals surface area contributed by atoms with Crippen molar-refractivity contribution in [2.75, 3.05) is 0 Å².